The Kier molecular flexibility index (Phi) is 9.70. The highest BCUT2D eigenvalue weighted by molar-refractivity contribution is 6.40. The van der Waals surface area contributed by atoms with E-state index in [4.69, 9.17) is 21.5 Å². The first-order chi connectivity index (χ1) is 11.9. The number of nitrogens with two attached hydrogens (primary N) is 2. The first kappa shape index (κ1) is 21.6. The van der Waals surface area contributed by atoms with E-state index in [1.165, 1.54) is 0 Å². The molecule has 25 heavy (non-hydrogen) atoms. The van der Waals surface area contributed by atoms with Gasteiger partial charge in [-0.05, 0) is 24.7 Å². The second-order valence-electron chi connectivity index (χ2n) is 6.49. The molecule has 0 aliphatic carbocycles. The number of hydrogen-bond donors (Lipinski definition) is 5. The third-order valence-electron chi connectivity index (χ3n) is 4.33. The molecule has 0 fully saturated rings. The van der Waals surface area contributed by atoms with Gasteiger partial charge in [-0.1, -0.05) is 43.2 Å². The summed E-state index contributed by atoms with van der Waals surface area (Å²) in [6, 6.07) is 9.94. The molecule has 0 spiro atoms. The van der Waals surface area contributed by atoms with Gasteiger partial charge < -0.3 is 26.6 Å². The fraction of sp³-hybridized carbons (Fsp3) is 0.588. The Morgan fingerprint density at radius 3 is 2.36 bits per heavy atom. The lowest BCUT2D eigenvalue weighted by molar-refractivity contribution is -0.144. The van der Waals surface area contributed by atoms with Gasteiger partial charge >= 0.3 is 13.1 Å². The van der Waals surface area contributed by atoms with Crippen LogP contribution in [0, 0.1) is 0 Å². The third-order valence-corrected chi connectivity index (χ3v) is 4.33. The SMILES string of the molecule is NCCN(CCC(N)(CCCCB(O)O)C(=O)O)Cc1ccccc1. The Bertz CT molecular complexity index is 504. The number of carbonyl (C=O) groups is 1. The largest absolute Gasteiger partial charge is 0.480 e. The van der Waals surface area contributed by atoms with Crippen LogP contribution in [0.4, 0.5) is 0 Å². The predicted octanol–water partition coefficient (Wildman–Crippen LogP) is 0.263. The molecule has 0 amide bonds. The highest BCUT2D eigenvalue weighted by Gasteiger charge is 2.33. The number of hydrogen-bond acceptors (Lipinski definition) is 6. The molecule has 1 aromatic rings. The molecule has 0 saturated heterocycles. The topological polar surface area (TPSA) is 133 Å². The molecule has 8 heteroatoms. The van der Waals surface area contributed by atoms with Crippen molar-refractivity contribution in [2.45, 2.75) is 44.1 Å². The van der Waals surface area contributed by atoms with Crippen molar-refractivity contribution in [3.8, 4) is 0 Å². The molecule has 7 N–H and O–H groups in total. The van der Waals surface area contributed by atoms with E-state index in [1.807, 2.05) is 30.3 Å². The first-order valence-electron chi connectivity index (χ1n) is 8.72. The Hall–Kier alpha value is -1.45. The molecule has 0 aliphatic rings. The Labute approximate surface area is 149 Å². The van der Waals surface area contributed by atoms with E-state index in [9.17, 15) is 9.90 Å². The molecule has 1 rings (SSSR count). The standard InChI is InChI=1S/C17H30BN3O4/c19-11-13-21(14-15-6-2-1-3-7-15)12-9-17(20,16(22)23)8-4-5-10-18(24)25/h1-3,6-7,24-25H,4-5,8-14,19-20H2,(H,22,23). The van der Waals surface area contributed by atoms with Crippen LogP contribution in [0.3, 0.4) is 0 Å². The quantitative estimate of drug-likeness (QED) is 0.254. The smallest absolute Gasteiger partial charge is 0.451 e. The van der Waals surface area contributed by atoms with E-state index in [0.717, 1.165) is 5.56 Å². The van der Waals surface area contributed by atoms with Crippen molar-refractivity contribution in [1.29, 1.82) is 0 Å². The van der Waals surface area contributed by atoms with Gasteiger partial charge in [0.05, 0.1) is 0 Å². The number of rotatable bonds is 13. The molecular formula is C17H30BN3O4. The van der Waals surface area contributed by atoms with Gasteiger partial charge in [0, 0.05) is 26.2 Å². The van der Waals surface area contributed by atoms with E-state index >= 15 is 0 Å². The van der Waals surface area contributed by atoms with Gasteiger partial charge in [-0.2, -0.15) is 0 Å². The van der Waals surface area contributed by atoms with Gasteiger partial charge in [0.25, 0.3) is 0 Å². The zero-order chi connectivity index (χ0) is 18.7. The van der Waals surface area contributed by atoms with Gasteiger partial charge in [-0.3, -0.25) is 9.69 Å². The summed E-state index contributed by atoms with van der Waals surface area (Å²) < 4.78 is 0. The summed E-state index contributed by atoms with van der Waals surface area (Å²) in [5.41, 5.74) is 11.6. The lowest BCUT2D eigenvalue weighted by Crippen LogP contribution is -2.50. The van der Waals surface area contributed by atoms with E-state index in [-0.39, 0.29) is 6.32 Å². The van der Waals surface area contributed by atoms with Crippen LogP contribution in [0.1, 0.15) is 31.2 Å². The maximum atomic E-state index is 11.6. The molecule has 1 aromatic carbocycles. The molecule has 140 valence electrons. The van der Waals surface area contributed by atoms with Crippen LogP contribution >= 0.6 is 0 Å². The van der Waals surface area contributed by atoms with Crippen LogP contribution in [0.5, 0.6) is 0 Å². The molecule has 1 atom stereocenters. The summed E-state index contributed by atoms with van der Waals surface area (Å²) in [5, 5.41) is 27.2. The average molecular weight is 351 g/mol. The fourth-order valence-corrected chi connectivity index (χ4v) is 2.76. The Balaban J connectivity index is 2.57. The molecule has 0 saturated carbocycles. The maximum absolute atomic E-state index is 11.6. The molecule has 0 bridgehead atoms. The Morgan fingerprint density at radius 2 is 1.80 bits per heavy atom. The molecule has 0 radical (unpaired) electrons. The highest BCUT2D eigenvalue weighted by atomic mass is 16.4. The summed E-state index contributed by atoms with van der Waals surface area (Å²) >= 11 is 0. The average Bonchev–Trinajstić information content (AvgIpc) is 2.57. The molecule has 1 unspecified atom stereocenters. The summed E-state index contributed by atoms with van der Waals surface area (Å²) in [6.07, 6.45) is 1.91. The van der Waals surface area contributed by atoms with Crippen molar-refractivity contribution in [3.05, 3.63) is 35.9 Å². The normalized spacial score (nSPS) is 13.6. The predicted molar refractivity (Wildman–Crippen MR) is 98.8 cm³/mol. The molecule has 0 aliphatic heterocycles. The van der Waals surface area contributed by atoms with Gasteiger partial charge in [-0.15, -0.1) is 0 Å². The highest BCUT2D eigenvalue weighted by Crippen LogP contribution is 2.19. The lowest BCUT2D eigenvalue weighted by atomic mass is 9.81. The van der Waals surface area contributed by atoms with Crippen LogP contribution in [0.2, 0.25) is 6.32 Å². The van der Waals surface area contributed by atoms with Gasteiger partial charge in [-0.25, -0.2) is 0 Å². The Morgan fingerprint density at radius 1 is 1.12 bits per heavy atom. The summed E-state index contributed by atoms with van der Waals surface area (Å²) in [6.45, 7) is 2.40. The number of carboxylic acids is 1. The van der Waals surface area contributed by atoms with Crippen LogP contribution in [-0.2, 0) is 11.3 Å². The number of benzene rings is 1. The van der Waals surface area contributed by atoms with E-state index in [1.54, 1.807) is 0 Å². The van der Waals surface area contributed by atoms with E-state index < -0.39 is 18.6 Å². The van der Waals surface area contributed by atoms with E-state index in [0.29, 0.717) is 51.9 Å². The molecule has 0 heterocycles. The molecule has 0 aromatic heterocycles. The molecular weight excluding hydrogens is 321 g/mol. The molecule has 7 nitrogen and oxygen atoms in total. The maximum Gasteiger partial charge on any atom is 0.451 e. The third kappa shape index (κ3) is 8.46. The van der Waals surface area contributed by atoms with Gasteiger partial charge in [0.15, 0.2) is 0 Å². The number of carboxylic acid groups (broad SMARTS) is 1. The second kappa shape index (κ2) is 11.2. The van der Waals surface area contributed by atoms with Crippen LogP contribution in [0.15, 0.2) is 30.3 Å². The summed E-state index contributed by atoms with van der Waals surface area (Å²) in [5.74, 6) is -1.02. The fourth-order valence-electron chi connectivity index (χ4n) is 2.76. The second-order valence-corrected chi connectivity index (χ2v) is 6.49. The minimum Gasteiger partial charge on any atom is -0.480 e. The van der Waals surface area contributed by atoms with Crippen molar-refractivity contribution in [1.82, 2.24) is 4.90 Å². The number of unbranched alkanes of at least 4 members (excludes halogenated alkanes) is 1. The van der Waals surface area contributed by atoms with Crippen LogP contribution in [0.25, 0.3) is 0 Å². The van der Waals surface area contributed by atoms with Crippen molar-refractivity contribution in [2.24, 2.45) is 11.5 Å². The monoisotopic (exact) mass is 351 g/mol. The zero-order valence-electron chi connectivity index (χ0n) is 14.7. The van der Waals surface area contributed by atoms with Gasteiger partial charge in [0.2, 0.25) is 0 Å². The number of nitrogens with zero attached hydrogens (tertiary/aromatic N) is 1. The minimum absolute atomic E-state index is 0.225. The van der Waals surface area contributed by atoms with E-state index in [2.05, 4.69) is 4.90 Å². The van der Waals surface area contributed by atoms with Crippen molar-refractivity contribution >= 4 is 13.1 Å². The minimum atomic E-state index is -1.36. The van der Waals surface area contributed by atoms with Gasteiger partial charge in [0.1, 0.15) is 5.54 Å². The summed E-state index contributed by atoms with van der Waals surface area (Å²) in [7, 11) is -1.36. The van der Waals surface area contributed by atoms with Crippen molar-refractivity contribution in [2.75, 3.05) is 19.6 Å². The number of aliphatic carboxylic acids is 1. The van der Waals surface area contributed by atoms with Crippen LogP contribution in [-0.4, -0.2) is 58.3 Å². The van der Waals surface area contributed by atoms with Crippen molar-refractivity contribution in [3.63, 3.8) is 0 Å². The first-order valence-corrected chi connectivity index (χ1v) is 8.72. The zero-order valence-corrected chi connectivity index (χ0v) is 14.7. The summed E-state index contributed by atoms with van der Waals surface area (Å²) in [4.78, 5) is 13.7. The van der Waals surface area contributed by atoms with Crippen LogP contribution < -0.4 is 11.5 Å². The van der Waals surface area contributed by atoms with Crippen molar-refractivity contribution < 1.29 is 19.9 Å². The lowest BCUT2D eigenvalue weighted by Gasteiger charge is -2.29.